The van der Waals surface area contributed by atoms with Crippen LogP contribution in [0.25, 0.3) is 21.9 Å². The van der Waals surface area contributed by atoms with E-state index in [-0.39, 0.29) is 23.7 Å². The Morgan fingerprint density at radius 1 is 1.12 bits per heavy atom. The van der Waals surface area contributed by atoms with Crippen LogP contribution in [0.3, 0.4) is 0 Å². The van der Waals surface area contributed by atoms with Crippen molar-refractivity contribution in [2.24, 2.45) is 0 Å². The molecule has 1 aliphatic rings. The van der Waals surface area contributed by atoms with Crippen LogP contribution in [0.5, 0.6) is 0 Å². The molecule has 0 aliphatic carbocycles. The number of hydrogen-bond donors (Lipinski definition) is 2. The average molecular weight is 331 g/mol. The highest BCUT2D eigenvalue weighted by atomic mass is 16.3. The van der Waals surface area contributed by atoms with E-state index in [0.717, 1.165) is 16.5 Å². The molecule has 6 nitrogen and oxygen atoms in total. The second-order valence-corrected chi connectivity index (χ2v) is 6.22. The van der Waals surface area contributed by atoms with Gasteiger partial charge < -0.3 is 9.73 Å². The van der Waals surface area contributed by atoms with Gasteiger partial charge in [-0.25, -0.2) is 0 Å². The summed E-state index contributed by atoms with van der Waals surface area (Å²) in [6.07, 6.45) is 3.42. The van der Waals surface area contributed by atoms with Gasteiger partial charge in [0.05, 0.1) is 23.4 Å². The maximum absolute atomic E-state index is 12.9. The molecule has 4 aromatic rings. The lowest BCUT2D eigenvalue weighted by Gasteiger charge is -2.25. The second kappa shape index (κ2) is 5.04. The van der Waals surface area contributed by atoms with Crippen LogP contribution in [-0.4, -0.2) is 16.1 Å². The molecule has 3 heterocycles. The summed E-state index contributed by atoms with van der Waals surface area (Å²) in [5, 5.41) is 11.3. The number of anilines is 1. The number of H-pyrrole nitrogens is 1. The molecule has 0 saturated heterocycles. The third-order valence-corrected chi connectivity index (χ3v) is 4.73. The SMILES string of the molecule is O=C1C[C@@H](c2coc3ccccc3c2=O)c2cc3cn[nH]c3cc2N1. The van der Waals surface area contributed by atoms with Crippen molar-refractivity contribution in [3.63, 3.8) is 0 Å². The van der Waals surface area contributed by atoms with Gasteiger partial charge in [-0.05, 0) is 29.8 Å². The van der Waals surface area contributed by atoms with E-state index in [1.807, 2.05) is 18.2 Å². The Hall–Kier alpha value is -3.41. The fourth-order valence-electron chi connectivity index (χ4n) is 3.51. The summed E-state index contributed by atoms with van der Waals surface area (Å²) in [7, 11) is 0. The number of amides is 1. The molecule has 1 atom stereocenters. The van der Waals surface area contributed by atoms with Gasteiger partial charge in [0.2, 0.25) is 5.91 Å². The number of carbonyl (C=O) groups excluding carboxylic acids is 1. The van der Waals surface area contributed by atoms with Gasteiger partial charge in [0.15, 0.2) is 5.43 Å². The summed E-state index contributed by atoms with van der Waals surface area (Å²) in [6, 6.07) is 11.0. The summed E-state index contributed by atoms with van der Waals surface area (Å²) in [4.78, 5) is 25.1. The highest BCUT2D eigenvalue weighted by Crippen LogP contribution is 2.38. The quantitative estimate of drug-likeness (QED) is 0.561. The molecule has 0 saturated carbocycles. The lowest BCUT2D eigenvalue weighted by molar-refractivity contribution is -0.116. The van der Waals surface area contributed by atoms with E-state index >= 15 is 0 Å². The van der Waals surface area contributed by atoms with E-state index in [4.69, 9.17) is 4.42 Å². The number of nitrogens with zero attached hydrogens (tertiary/aromatic N) is 1. The standard InChI is InChI=1S/C19H13N3O3/c23-18-6-12(13-5-10-8-20-22-15(10)7-16(13)21-18)14-9-25-17-4-2-1-3-11(17)19(14)24/h1-5,7-9,12H,6H2,(H,20,22)(H,21,23)/t12-/m1/s1. The fraction of sp³-hybridized carbons (Fsp3) is 0.105. The fourth-order valence-corrected chi connectivity index (χ4v) is 3.51. The van der Waals surface area contributed by atoms with Crippen LogP contribution in [0, 0.1) is 0 Å². The lowest BCUT2D eigenvalue weighted by atomic mass is 9.84. The van der Waals surface area contributed by atoms with Crippen molar-refractivity contribution in [3.8, 4) is 0 Å². The van der Waals surface area contributed by atoms with Crippen molar-refractivity contribution in [3.05, 3.63) is 70.2 Å². The molecule has 25 heavy (non-hydrogen) atoms. The Kier molecular flexibility index (Phi) is 2.82. The van der Waals surface area contributed by atoms with Crippen LogP contribution in [0.2, 0.25) is 0 Å². The Morgan fingerprint density at radius 3 is 2.92 bits per heavy atom. The van der Waals surface area contributed by atoms with Gasteiger partial charge in [-0.3, -0.25) is 14.7 Å². The maximum atomic E-state index is 12.9. The van der Waals surface area contributed by atoms with E-state index in [1.54, 1.807) is 24.4 Å². The lowest BCUT2D eigenvalue weighted by Crippen LogP contribution is -2.26. The van der Waals surface area contributed by atoms with Crippen LogP contribution in [0.15, 0.2) is 58.1 Å². The Balaban J connectivity index is 1.76. The highest BCUT2D eigenvalue weighted by Gasteiger charge is 2.29. The van der Waals surface area contributed by atoms with Crippen molar-refractivity contribution >= 4 is 33.5 Å². The summed E-state index contributed by atoms with van der Waals surface area (Å²) in [5.41, 5.74) is 3.38. The number of aromatic nitrogens is 2. The third-order valence-electron chi connectivity index (χ3n) is 4.73. The van der Waals surface area contributed by atoms with Gasteiger partial charge in [-0.15, -0.1) is 0 Å². The number of hydrogen-bond acceptors (Lipinski definition) is 4. The molecule has 2 aromatic heterocycles. The van der Waals surface area contributed by atoms with Crippen LogP contribution in [0.1, 0.15) is 23.5 Å². The first kappa shape index (κ1) is 14.0. The molecule has 122 valence electrons. The Bertz CT molecular complexity index is 1210. The monoisotopic (exact) mass is 331 g/mol. The minimum absolute atomic E-state index is 0.0974. The molecule has 2 N–H and O–H groups in total. The van der Waals surface area contributed by atoms with E-state index < -0.39 is 0 Å². The molecule has 0 radical (unpaired) electrons. The Labute approximate surface area is 141 Å². The van der Waals surface area contributed by atoms with Crippen molar-refractivity contribution in [2.75, 3.05) is 5.32 Å². The zero-order valence-electron chi connectivity index (χ0n) is 13.1. The molecule has 0 unspecified atom stereocenters. The second-order valence-electron chi connectivity index (χ2n) is 6.22. The summed E-state index contributed by atoms with van der Waals surface area (Å²) >= 11 is 0. The molecule has 0 fully saturated rings. The number of para-hydroxylation sites is 1. The van der Waals surface area contributed by atoms with Crippen molar-refractivity contribution < 1.29 is 9.21 Å². The van der Waals surface area contributed by atoms with E-state index in [9.17, 15) is 9.59 Å². The van der Waals surface area contributed by atoms with E-state index in [2.05, 4.69) is 15.5 Å². The predicted molar refractivity (Wildman–Crippen MR) is 93.7 cm³/mol. The topological polar surface area (TPSA) is 88.0 Å². The number of rotatable bonds is 1. The molecule has 1 aliphatic heterocycles. The molecular formula is C19H13N3O3. The number of benzene rings is 2. The van der Waals surface area contributed by atoms with Gasteiger partial charge in [0.25, 0.3) is 0 Å². The van der Waals surface area contributed by atoms with Crippen molar-refractivity contribution in [2.45, 2.75) is 12.3 Å². The Morgan fingerprint density at radius 2 is 2.00 bits per heavy atom. The first-order chi connectivity index (χ1) is 12.2. The van der Waals surface area contributed by atoms with Gasteiger partial charge in [-0.2, -0.15) is 5.10 Å². The van der Waals surface area contributed by atoms with Gasteiger partial charge in [-0.1, -0.05) is 12.1 Å². The summed E-state index contributed by atoms with van der Waals surface area (Å²) < 4.78 is 5.65. The maximum Gasteiger partial charge on any atom is 0.225 e. The van der Waals surface area contributed by atoms with Crippen molar-refractivity contribution in [1.29, 1.82) is 0 Å². The number of carbonyl (C=O) groups is 1. The van der Waals surface area contributed by atoms with Gasteiger partial charge >= 0.3 is 0 Å². The van der Waals surface area contributed by atoms with Crippen LogP contribution >= 0.6 is 0 Å². The van der Waals surface area contributed by atoms with Crippen LogP contribution < -0.4 is 10.7 Å². The van der Waals surface area contributed by atoms with E-state index in [0.29, 0.717) is 22.2 Å². The minimum atomic E-state index is -0.344. The first-order valence-electron chi connectivity index (χ1n) is 7.98. The third kappa shape index (κ3) is 2.07. The molecule has 5 rings (SSSR count). The first-order valence-corrected chi connectivity index (χ1v) is 7.98. The van der Waals surface area contributed by atoms with Gasteiger partial charge in [0, 0.05) is 29.0 Å². The molecule has 6 heteroatoms. The number of nitrogens with one attached hydrogen (secondary N) is 2. The zero-order chi connectivity index (χ0) is 17.0. The van der Waals surface area contributed by atoms with E-state index in [1.165, 1.54) is 6.26 Å². The normalized spacial score (nSPS) is 16.8. The zero-order valence-corrected chi connectivity index (χ0v) is 13.1. The molecule has 0 bridgehead atoms. The van der Waals surface area contributed by atoms with Crippen LogP contribution in [-0.2, 0) is 4.79 Å². The largest absolute Gasteiger partial charge is 0.464 e. The minimum Gasteiger partial charge on any atom is -0.464 e. The summed E-state index contributed by atoms with van der Waals surface area (Å²) in [5.74, 6) is -0.465. The smallest absolute Gasteiger partial charge is 0.225 e. The van der Waals surface area contributed by atoms with Crippen molar-refractivity contribution in [1.82, 2.24) is 10.2 Å². The number of aromatic amines is 1. The molecule has 2 aromatic carbocycles. The highest BCUT2D eigenvalue weighted by molar-refractivity contribution is 5.98. The van der Waals surface area contributed by atoms with Gasteiger partial charge in [0.1, 0.15) is 5.58 Å². The number of fused-ring (bicyclic) bond motifs is 3. The average Bonchev–Trinajstić information content (AvgIpc) is 3.07. The summed E-state index contributed by atoms with van der Waals surface area (Å²) in [6.45, 7) is 0. The molecule has 0 spiro atoms. The van der Waals surface area contributed by atoms with Crippen LogP contribution in [0.4, 0.5) is 5.69 Å². The predicted octanol–water partition coefficient (Wildman–Crippen LogP) is 3.14. The molecule has 1 amide bonds. The molecular weight excluding hydrogens is 318 g/mol.